The molecular formula is C13H14F2N2O2S. The fourth-order valence-corrected chi connectivity index (χ4v) is 2.69. The van der Waals surface area contributed by atoms with Crippen molar-refractivity contribution in [2.75, 3.05) is 13.1 Å². The Morgan fingerprint density at radius 1 is 1.45 bits per heavy atom. The summed E-state index contributed by atoms with van der Waals surface area (Å²) >= 11 is 0.338. The normalized spacial score (nSPS) is 19.1. The Balaban J connectivity index is 2.26. The largest absolute Gasteiger partial charge is 0.353 e. The number of nitrogens with one attached hydrogen (secondary N) is 1. The molecule has 0 aromatic heterocycles. The van der Waals surface area contributed by atoms with Crippen molar-refractivity contribution in [2.24, 2.45) is 0 Å². The van der Waals surface area contributed by atoms with E-state index in [-0.39, 0.29) is 16.4 Å². The van der Waals surface area contributed by atoms with Crippen molar-refractivity contribution in [1.29, 1.82) is 0 Å². The molecule has 108 valence electrons. The second kappa shape index (κ2) is 6.21. The average Bonchev–Trinajstić information content (AvgIpc) is 2.41. The maximum absolute atomic E-state index is 12.5. The number of hydrogen-bond acceptors (Lipinski definition) is 3. The third-order valence-electron chi connectivity index (χ3n) is 3.09. The topological polar surface area (TPSA) is 49.4 Å². The molecule has 2 amide bonds. The Morgan fingerprint density at radius 2 is 2.15 bits per heavy atom. The zero-order chi connectivity index (χ0) is 14.7. The number of piperazine rings is 1. The second-order valence-electron chi connectivity index (χ2n) is 4.34. The van der Waals surface area contributed by atoms with E-state index in [2.05, 4.69) is 5.32 Å². The average molecular weight is 300 g/mol. The minimum absolute atomic E-state index is 0.208. The Labute approximate surface area is 119 Å². The van der Waals surface area contributed by atoms with Gasteiger partial charge < -0.3 is 10.2 Å². The van der Waals surface area contributed by atoms with Crippen LogP contribution < -0.4 is 5.32 Å². The highest BCUT2D eigenvalue weighted by Gasteiger charge is 2.31. The first-order valence-electron chi connectivity index (χ1n) is 6.13. The minimum atomic E-state index is -2.59. The Kier molecular flexibility index (Phi) is 4.59. The number of benzene rings is 1. The Hall–Kier alpha value is -1.63. The lowest BCUT2D eigenvalue weighted by Gasteiger charge is -2.33. The van der Waals surface area contributed by atoms with Crippen molar-refractivity contribution >= 4 is 23.6 Å². The molecule has 0 spiro atoms. The molecule has 1 aliphatic heterocycles. The third-order valence-corrected chi connectivity index (χ3v) is 3.88. The number of nitrogens with zero attached hydrogens (tertiary/aromatic N) is 1. The molecule has 0 saturated carbocycles. The van der Waals surface area contributed by atoms with Crippen LogP contribution in [0.5, 0.6) is 0 Å². The molecule has 2 rings (SSSR count). The van der Waals surface area contributed by atoms with Gasteiger partial charge in [0.1, 0.15) is 6.04 Å². The lowest BCUT2D eigenvalue weighted by Crippen LogP contribution is -2.55. The number of hydrogen-bond donors (Lipinski definition) is 1. The first-order valence-corrected chi connectivity index (χ1v) is 7.01. The molecule has 1 N–H and O–H groups in total. The van der Waals surface area contributed by atoms with Crippen molar-refractivity contribution in [2.45, 2.75) is 23.6 Å². The molecule has 1 aliphatic rings. The van der Waals surface area contributed by atoms with Gasteiger partial charge in [0.15, 0.2) is 0 Å². The second-order valence-corrected chi connectivity index (χ2v) is 5.37. The van der Waals surface area contributed by atoms with Gasteiger partial charge in [0.2, 0.25) is 5.91 Å². The molecule has 0 aliphatic carbocycles. The van der Waals surface area contributed by atoms with Gasteiger partial charge >= 0.3 is 0 Å². The Bertz CT molecular complexity index is 525. The number of rotatable bonds is 3. The lowest BCUT2D eigenvalue weighted by atomic mass is 10.1. The molecule has 4 nitrogen and oxygen atoms in total. The van der Waals surface area contributed by atoms with Crippen LogP contribution in [0.3, 0.4) is 0 Å². The van der Waals surface area contributed by atoms with Gasteiger partial charge in [-0.1, -0.05) is 23.9 Å². The smallest absolute Gasteiger partial charge is 0.288 e. The summed E-state index contributed by atoms with van der Waals surface area (Å²) in [4.78, 5) is 25.7. The molecule has 1 aromatic carbocycles. The van der Waals surface area contributed by atoms with Gasteiger partial charge in [-0.25, -0.2) is 0 Å². The van der Waals surface area contributed by atoms with E-state index in [1.54, 1.807) is 19.1 Å². The van der Waals surface area contributed by atoms with Gasteiger partial charge in [-0.3, -0.25) is 9.59 Å². The van der Waals surface area contributed by atoms with Crippen molar-refractivity contribution in [3.63, 3.8) is 0 Å². The van der Waals surface area contributed by atoms with E-state index < -0.39 is 17.7 Å². The van der Waals surface area contributed by atoms with Crippen molar-refractivity contribution in [3.8, 4) is 0 Å². The van der Waals surface area contributed by atoms with Gasteiger partial charge in [0.05, 0.1) is 5.56 Å². The maximum atomic E-state index is 12.5. The molecule has 1 unspecified atom stereocenters. The third kappa shape index (κ3) is 3.09. The summed E-state index contributed by atoms with van der Waals surface area (Å²) in [5.74, 6) is -3.22. The summed E-state index contributed by atoms with van der Waals surface area (Å²) in [6, 6.07) is 5.62. The monoisotopic (exact) mass is 300 g/mol. The van der Waals surface area contributed by atoms with Gasteiger partial charge in [-0.15, -0.1) is 0 Å². The highest BCUT2D eigenvalue weighted by molar-refractivity contribution is 7.99. The SMILES string of the molecule is CC1C(=O)NCCN1C(=O)c1ccccc1SC(F)F. The van der Waals surface area contributed by atoms with E-state index in [1.807, 2.05) is 0 Å². The number of halogens is 2. The van der Waals surface area contributed by atoms with Crippen molar-refractivity contribution < 1.29 is 18.4 Å². The van der Waals surface area contributed by atoms with Crippen LogP contribution in [0.15, 0.2) is 29.2 Å². The number of carbonyl (C=O) groups excluding carboxylic acids is 2. The predicted octanol–water partition coefficient (Wildman–Crippen LogP) is 1.96. The summed E-state index contributed by atoms with van der Waals surface area (Å²) in [7, 11) is 0. The summed E-state index contributed by atoms with van der Waals surface area (Å²) in [6.07, 6.45) is 0. The van der Waals surface area contributed by atoms with Crippen molar-refractivity contribution in [1.82, 2.24) is 10.2 Å². The predicted molar refractivity (Wildman–Crippen MR) is 71.8 cm³/mol. The van der Waals surface area contributed by atoms with E-state index in [1.165, 1.54) is 17.0 Å². The molecule has 1 saturated heterocycles. The minimum Gasteiger partial charge on any atom is -0.353 e. The number of alkyl halides is 2. The van der Waals surface area contributed by atoms with Crippen LogP contribution in [0, 0.1) is 0 Å². The van der Waals surface area contributed by atoms with Crippen LogP contribution >= 0.6 is 11.8 Å². The molecule has 7 heteroatoms. The fourth-order valence-electron chi connectivity index (χ4n) is 2.06. The molecule has 1 atom stereocenters. The molecule has 1 fully saturated rings. The number of carbonyl (C=O) groups is 2. The van der Waals surface area contributed by atoms with E-state index in [4.69, 9.17) is 0 Å². The summed E-state index contributed by atoms with van der Waals surface area (Å²) in [6.45, 7) is 2.37. The van der Waals surface area contributed by atoms with Crippen LogP contribution in [-0.2, 0) is 4.79 Å². The van der Waals surface area contributed by atoms with Crippen LogP contribution in [0.4, 0.5) is 8.78 Å². The van der Waals surface area contributed by atoms with Crippen LogP contribution in [0.25, 0.3) is 0 Å². The Morgan fingerprint density at radius 3 is 2.85 bits per heavy atom. The van der Waals surface area contributed by atoms with Crippen LogP contribution in [0.1, 0.15) is 17.3 Å². The van der Waals surface area contributed by atoms with Crippen LogP contribution in [-0.4, -0.2) is 41.6 Å². The van der Waals surface area contributed by atoms with E-state index in [0.29, 0.717) is 24.9 Å². The molecule has 1 aromatic rings. The first-order chi connectivity index (χ1) is 9.50. The van der Waals surface area contributed by atoms with Gasteiger partial charge in [-0.05, 0) is 19.1 Å². The fraction of sp³-hybridized carbons (Fsp3) is 0.385. The molecule has 0 radical (unpaired) electrons. The van der Waals surface area contributed by atoms with E-state index >= 15 is 0 Å². The van der Waals surface area contributed by atoms with Crippen molar-refractivity contribution in [3.05, 3.63) is 29.8 Å². The molecule has 20 heavy (non-hydrogen) atoms. The number of amides is 2. The highest BCUT2D eigenvalue weighted by Crippen LogP contribution is 2.29. The molecule has 0 bridgehead atoms. The maximum Gasteiger partial charge on any atom is 0.288 e. The highest BCUT2D eigenvalue weighted by atomic mass is 32.2. The van der Waals surface area contributed by atoms with Gasteiger partial charge in [0.25, 0.3) is 11.7 Å². The summed E-state index contributed by atoms with van der Waals surface area (Å²) < 4.78 is 25.0. The zero-order valence-corrected chi connectivity index (χ0v) is 11.6. The quantitative estimate of drug-likeness (QED) is 0.868. The van der Waals surface area contributed by atoms with Crippen LogP contribution in [0.2, 0.25) is 0 Å². The lowest BCUT2D eigenvalue weighted by molar-refractivity contribution is -0.127. The number of thioether (sulfide) groups is 1. The molecule has 1 heterocycles. The van der Waals surface area contributed by atoms with Gasteiger partial charge in [-0.2, -0.15) is 8.78 Å². The van der Waals surface area contributed by atoms with Gasteiger partial charge in [0, 0.05) is 18.0 Å². The standard InChI is InChI=1S/C13H14F2N2O2S/c1-8-11(18)16-6-7-17(8)12(19)9-4-2-3-5-10(9)20-13(14)15/h2-5,8,13H,6-7H2,1H3,(H,16,18). The summed E-state index contributed by atoms with van der Waals surface area (Å²) in [5.41, 5.74) is 0.208. The zero-order valence-electron chi connectivity index (χ0n) is 10.8. The van der Waals surface area contributed by atoms with E-state index in [9.17, 15) is 18.4 Å². The molecular weight excluding hydrogens is 286 g/mol. The first kappa shape index (κ1) is 14.8. The summed E-state index contributed by atoms with van der Waals surface area (Å²) in [5, 5.41) is 2.66. The van der Waals surface area contributed by atoms with E-state index in [0.717, 1.165) is 0 Å².